The van der Waals surface area contributed by atoms with E-state index in [1.807, 2.05) is 18.2 Å². The van der Waals surface area contributed by atoms with Gasteiger partial charge in [-0.1, -0.05) is 60.6 Å². The zero-order valence-corrected chi connectivity index (χ0v) is 15.9. The summed E-state index contributed by atoms with van der Waals surface area (Å²) in [5.74, 6) is 0.329. The van der Waals surface area contributed by atoms with Crippen molar-refractivity contribution < 1.29 is 9.59 Å². The molecule has 3 rings (SSSR count). The Hall–Kier alpha value is -2.13. The van der Waals surface area contributed by atoms with Gasteiger partial charge in [0.15, 0.2) is 4.34 Å². The number of aromatic nitrogens is 2. The number of nitrogens with one attached hydrogen (secondary N) is 3. The number of hydrogen-bond acceptors (Lipinski definition) is 6. The third-order valence-corrected chi connectivity index (χ3v) is 5.93. The summed E-state index contributed by atoms with van der Waals surface area (Å²) in [6.07, 6.45) is 5.78. The quantitative estimate of drug-likeness (QED) is 0.515. The Labute approximate surface area is 160 Å². The summed E-state index contributed by atoms with van der Waals surface area (Å²) < 4.78 is 0.652. The Morgan fingerprint density at radius 3 is 2.62 bits per heavy atom. The van der Waals surface area contributed by atoms with Gasteiger partial charge >= 0.3 is 6.03 Å². The van der Waals surface area contributed by atoms with Gasteiger partial charge in [0, 0.05) is 11.7 Å². The number of thioether (sulfide) groups is 1. The lowest BCUT2D eigenvalue weighted by Crippen LogP contribution is -2.37. The first-order valence-corrected chi connectivity index (χ1v) is 10.4. The molecule has 138 valence electrons. The SMILES string of the molecule is O=C(CSc1nnc(NC(=O)Nc2ccccc2)s1)NC1CCCCC1. The smallest absolute Gasteiger partial charge is 0.325 e. The van der Waals surface area contributed by atoms with E-state index in [-0.39, 0.29) is 11.9 Å². The summed E-state index contributed by atoms with van der Waals surface area (Å²) in [7, 11) is 0. The summed E-state index contributed by atoms with van der Waals surface area (Å²) in [5, 5.41) is 16.8. The molecule has 0 bridgehead atoms. The average Bonchev–Trinajstić information content (AvgIpc) is 3.09. The molecule has 1 heterocycles. The van der Waals surface area contributed by atoms with Crippen LogP contribution < -0.4 is 16.0 Å². The van der Waals surface area contributed by atoms with Crippen molar-refractivity contribution in [2.45, 2.75) is 42.5 Å². The number of amides is 3. The highest BCUT2D eigenvalue weighted by molar-refractivity contribution is 8.01. The van der Waals surface area contributed by atoms with Crippen molar-refractivity contribution in [3.8, 4) is 0 Å². The summed E-state index contributed by atoms with van der Waals surface area (Å²) in [6.45, 7) is 0. The highest BCUT2D eigenvalue weighted by Crippen LogP contribution is 2.25. The normalized spacial score (nSPS) is 14.6. The molecule has 0 radical (unpaired) electrons. The molecule has 1 saturated carbocycles. The van der Waals surface area contributed by atoms with E-state index < -0.39 is 0 Å². The van der Waals surface area contributed by atoms with E-state index in [0.717, 1.165) is 12.8 Å². The molecule has 9 heteroatoms. The standard InChI is InChI=1S/C17H21N5O2S2/c23-14(18-12-7-3-1-4-8-12)11-25-17-22-21-16(26-17)20-15(24)19-13-9-5-2-6-10-13/h2,5-6,9-10,12H,1,3-4,7-8,11H2,(H,18,23)(H2,19,20,21,24). The summed E-state index contributed by atoms with van der Waals surface area (Å²) in [5.41, 5.74) is 0.698. The monoisotopic (exact) mass is 391 g/mol. The molecular weight excluding hydrogens is 370 g/mol. The number of hydrogen-bond donors (Lipinski definition) is 3. The second-order valence-corrected chi connectivity index (χ2v) is 8.21. The van der Waals surface area contributed by atoms with Gasteiger partial charge in [-0.3, -0.25) is 10.1 Å². The molecule has 1 aliphatic rings. The number of rotatable bonds is 6. The van der Waals surface area contributed by atoms with Gasteiger partial charge in [-0.05, 0) is 25.0 Å². The number of para-hydroxylation sites is 1. The van der Waals surface area contributed by atoms with Crippen LogP contribution in [0.2, 0.25) is 0 Å². The minimum absolute atomic E-state index is 0.0217. The summed E-state index contributed by atoms with van der Waals surface area (Å²) >= 11 is 2.58. The first-order chi connectivity index (χ1) is 12.7. The van der Waals surface area contributed by atoms with E-state index in [9.17, 15) is 9.59 Å². The lowest BCUT2D eigenvalue weighted by Gasteiger charge is -2.22. The first-order valence-electron chi connectivity index (χ1n) is 8.58. The molecule has 0 aliphatic heterocycles. The van der Waals surface area contributed by atoms with Gasteiger partial charge in [-0.2, -0.15) is 0 Å². The zero-order valence-electron chi connectivity index (χ0n) is 14.2. The van der Waals surface area contributed by atoms with Crippen LogP contribution in [0, 0.1) is 0 Å². The van der Waals surface area contributed by atoms with Crippen LogP contribution in [0.5, 0.6) is 0 Å². The predicted octanol–water partition coefficient (Wildman–Crippen LogP) is 3.72. The van der Waals surface area contributed by atoms with E-state index in [1.54, 1.807) is 12.1 Å². The van der Waals surface area contributed by atoms with Crippen molar-refractivity contribution in [2.75, 3.05) is 16.4 Å². The third-order valence-electron chi connectivity index (χ3n) is 3.96. The molecule has 0 saturated heterocycles. The molecule has 1 aliphatic carbocycles. The maximum atomic E-state index is 12.0. The van der Waals surface area contributed by atoms with Crippen LogP contribution in [-0.2, 0) is 4.79 Å². The van der Waals surface area contributed by atoms with Gasteiger partial charge in [0.1, 0.15) is 0 Å². The first kappa shape index (κ1) is 18.7. The van der Waals surface area contributed by atoms with Crippen molar-refractivity contribution in [1.82, 2.24) is 15.5 Å². The van der Waals surface area contributed by atoms with E-state index in [0.29, 0.717) is 27.0 Å². The number of benzene rings is 1. The number of carbonyl (C=O) groups is 2. The number of nitrogens with zero attached hydrogens (tertiary/aromatic N) is 2. The number of urea groups is 1. The van der Waals surface area contributed by atoms with Gasteiger partial charge in [0.05, 0.1) is 5.75 Å². The lowest BCUT2D eigenvalue weighted by molar-refractivity contribution is -0.119. The highest BCUT2D eigenvalue weighted by Gasteiger charge is 2.16. The van der Waals surface area contributed by atoms with Crippen LogP contribution in [0.25, 0.3) is 0 Å². The lowest BCUT2D eigenvalue weighted by atomic mass is 9.95. The van der Waals surface area contributed by atoms with Crippen molar-refractivity contribution >= 4 is 45.9 Å². The Balaban J connectivity index is 1.41. The Morgan fingerprint density at radius 1 is 1.08 bits per heavy atom. The van der Waals surface area contributed by atoms with Crippen molar-refractivity contribution in [3.05, 3.63) is 30.3 Å². The molecule has 3 N–H and O–H groups in total. The van der Waals surface area contributed by atoms with Gasteiger partial charge in [-0.15, -0.1) is 10.2 Å². The number of anilines is 2. The zero-order chi connectivity index (χ0) is 18.2. The summed E-state index contributed by atoms with van der Waals surface area (Å²) in [6, 6.07) is 9.09. The molecular formula is C17H21N5O2S2. The molecule has 0 unspecified atom stereocenters. The van der Waals surface area contributed by atoms with Crippen LogP contribution in [0.15, 0.2) is 34.7 Å². The Bertz CT molecular complexity index is 732. The largest absolute Gasteiger partial charge is 0.353 e. The predicted molar refractivity (Wildman–Crippen MR) is 105 cm³/mol. The summed E-state index contributed by atoms with van der Waals surface area (Å²) in [4.78, 5) is 23.9. The molecule has 1 aromatic carbocycles. The van der Waals surface area contributed by atoms with Crippen LogP contribution in [0.1, 0.15) is 32.1 Å². The van der Waals surface area contributed by atoms with Crippen molar-refractivity contribution in [3.63, 3.8) is 0 Å². The maximum absolute atomic E-state index is 12.0. The van der Waals surface area contributed by atoms with Crippen LogP contribution in [-0.4, -0.2) is 33.9 Å². The molecule has 7 nitrogen and oxygen atoms in total. The van der Waals surface area contributed by atoms with Gasteiger partial charge in [-0.25, -0.2) is 4.79 Å². The minimum Gasteiger partial charge on any atom is -0.353 e. The highest BCUT2D eigenvalue weighted by atomic mass is 32.2. The van der Waals surface area contributed by atoms with E-state index >= 15 is 0 Å². The van der Waals surface area contributed by atoms with Gasteiger partial charge in [0.25, 0.3) is 0 Å². The Morgan fingerprint density at radius 2 is 1.85 bits per heavy atom. The fourth-order valence-corrected chi connectivity index (χ4v) is 4.30. The third kappa shape index (κ3) is 5.99. The molecule has 0 atom stereocenters. The van der Waals surface area contributed by atoms with E-state index in [2.05, 4.69) is 26.1 Å². The molecule has 26 heavy (non-hydrogen) atoms. The average molecular weight is 392 g/mol. The molecule has 1 fully saturated rings. The fourth-order valence-electron chi connectivity index (χ4n) is 2.74. The molecule has 1 aromatic heterocycles. The van der Waals surface area contributed by atoms with Gasteiger partial charge < -0.3 is 10.6 Å². The van der Waals surface area contributed by atoms with Crippen LogP contribution in [0.3, 0.4) is 0 Å². The fraction of sp³-hybridized carbons (Fsp3) is 0.412. The minimum atomic E-state index is -0.376. The second-order valence-electron chi connectivity index (χ2n) is 6.01. The molecule has 2 aromatic rings. The molecule has 3 amide bonds. The Kier molecular flexibility index (Phi) is 6.84. The van der Waals surface area contributed by atoms with E-state index in [4.69, 9.17) is 0 Å². The topological polar surface area (TPSA) is 96.0 Å². The molecule has 0 spiro atoms. The van der Waals surface area contributed by atoms with E-state index in [1.165, 1.54) is 42.4 Å². The number of carbonyl (C=O) groups excluding carboxylic acids is 2. The van der Waals surface area contributed by atoms with Crippen molar-refractivity contribution in [1.29, 1.82) is 0 Å². The maximum Gasteiger partial charge on any atom is 0.325 e. The van der Waals surface area contributed by atoms with Gasteiger partial charge in [0.2, 0.25) is 11.0 Å². The van der Waals surface area contributed by atoms with Crippen LogP contribution in [0.4, 0.5) is 15.6 Å². The second kappa shape index (κ2) is 9.54. The van der Waals surface area contributed by atoms with Crippen molar-refractivity contribution in [2.24, 2.45) is 0 Å². The van der Waals surface area contributed by atoms with Crippen LogP contribution >= 0.6 is 23.1 Å².